The molecule has 3 N–H and O–H groups in total. The van der Waals surface area contributed by atoms with Crippen LogP contribution < -0.4 is 5.73 Å². The molecule has 94 valence electrons. The second-order valence-corrected chi connectivity index (χ2v) is 4.31. The molecule has 0 atom stereocenters. The van der Waals surface area contributed by atoms with E-state index in [0.29, 0.717) is 28.6 Å². The SMILES string of the molecule is CN(Cc1ncc[nH]1)C(=O)c1cccc(Cl)c1N. The number of hydrogen-bond acceptors (Lipinski definition) is 3. The fourth-order valence-corrected chi connectivity index (χ4v) is 1.78. The van der Waals surface area contributed by atoms with Crippen LogP contribution in [0, 0.1) is 0 Å². The highest BCUT2D eigenvalue weighted by Crippen LogP contribution is 2.23. The molecule has 0 bridgehead atoms. The third-order valence-electron chi connectivity index (χ3n) is 2.57. The van der Waals surface area contributed by atoms with Crippen LogP contribution in [0.4, 0.5) is 5.69 Å². The van der Waals surface area contributed by atoms with Gasteiger partial charge in [-0.2, -0.15) is 0 Å². The molecule has 2 rings (SSSR count). The van der Waals surface area contributed by atoms with Crippen molar-refractivity contribution in [2.45, 2.75) is 6.54 Å². The van der Waals surface area contributed by atoms with Crippen molar-refractivity contribution in [2.24, 2.45) is 0 Å². The van der Waals surface area contributed by atoms with Crippen molar-refractivity contribution in [1.82, 2.24) is 14.9 Å². The number of nitrogens with zero attached hydrogens (tertiary/aromatic N) is 2. The van der Waals surface area contributed by atoms with Crippen molar-refractivity contribution in [3.05, 3.63) is 47.0 Å². The Hall–Kier alpha value is -2.01. The average Bonchev–Trinajstić information content (AvgIpc) is 2.84. The van der Waals surface area contributed by atoms with Crippen LogP contribution in [0.2, 0.25) is 5.02 Å². The Bertz CT molecular complexity index is 553. The van der Waals surface area contributed by atoms with Gasteiger partial charge < -0.3 is 15.6 Å². The number of H-pyrrole nitrogens is 1. The summed E-state index contributed by atoms with van der Waals surface area (Å²) in [5.41, 5.74) is 6.49. The largest absolute Gasteiger partial charge is 0.397 e. The van der Waals surface area contributed by atoms with Crippen LogP contribution in [0.25, 0.3) is 0 Å². The molecule has 0 unspecified atom stereocenters. The Morgan fingerprint density at radius 3 is 3.00 bits per heavy atom. The van der Waals surface area contributed by atoms with E-state index in [4.69, 9.17) is 17.3 Å². The van der Waals surface area contributed by atoms with E-state index in [-0.39, 0.29) is 5.91 Å². The number of nitrogens with two attached hydrogens (primary N) is 1. The maximum Gasteiger partial charge on any atom is 0.256 e. The maximum absolute atomic E-state index is 12.2. The third-order valence-corrected chi connectivity index (χ3v) is 2.90. The zero-order chi connectivity index (χ0) is 13.1. The van der Waals surface area contributed by atoms with Gasteiger partial charge in [-0.25, -0.2) is 4.98 Å². The zero-order valence-electron chi connectivity index (χ0n) is 9.85. The third kappa shape index (κ3) is 2.46. The van der Waals surface area contributed by atoms with Crippen LogP contribution >= 0.6 is 11.6 Å². The summed E-state index contributed by atoms with van der Waals surface area (Å²) in [4.78, 5) is 20.7. The van der Waals surface area contributed by atoms with Crippen LogP contribution in [0.1, 0.15) is 16.2 Å². The molecule has 18 heavy (non-hydrogen) atoms. The Labute approximate surface area is 110 Å². The molecule has 0 radical (unpaired) electrons. The summed E-state index contributed by atoms with van der Waals surface area (Å²) in [7, 11) is 1.69. The summed E-state index contributed by atoms with van der Waals surface area (Å²) in [5.74, 6) is 0.526. The molecular weight excluding hydrogens is 252 g/mol. The number of carbonyl (C=O) groups is 1. The minimum Gasteiger partial charge on any atom is -0.397 e. The standard InChI is InChI=1S/C12H13ClN4O/c1-17(7-10-15-5-6-16-10)12(18)8-3-2-4-9(13)11(8)14/h2-6H,7,14H2,1H3,(H,15,16). The van der Waals surface area contributed by atoms with E-state index in [0.717, 1.165) is 0 Å². The summed E-state index contributed by atoms with van der Waals surface area (Å²) in [5, 5.41) is 0.382. The summed E-state index contributed by atoms with van der Waals surface area (Å²) in [6.45, 7) is 0.387. The van der Waals surface area contributed by atoms with Crippen molar-refractivity contribution in [2.75, 3.05) is 12.8 Å². The highest BCUT2D eigenvalue weighted by atomic mass is 35.5. The number of anilines is 1. The lowest BCUT2D eigenvalue weighted by Crippen LogP contribution is -2.27. The number of rotatable bonds is 3. The number of aromatic amines is 1. The van der Waals surface area contributed by atoms with E-state index in [2.05, 4.69) is 9.97 Å². The summed E-state index contributed by atoms with van der Waals surface area (Å²) >= 11 is 5.89. The summed E-state index contributed by atoms with van der Waals surface area (Å²) in [6.07, 6.45) is 3.35. The van der Waals surface area contributed by atoms with Gasteiger partial charge in [0.2, 0.25) is 0 Å². The van der Waals surface area contributed by atoms with Gasteiger partial charge >= 0.3 is 0 Å². The highest BCUT2D eigenvalue weighted by molar-refractivity contribution is 6.33. The molecular formula is C12H13ClN4O. The number of para-hydroxylation sites is 1. The molecule has 0 aliphatic rings. The predicted octanol–water partition coefficient (Wildman–Crippen LogP) is 1.92. The molecule has 1 aromatic heterocycles. The van der Waals surface area contributed by atoms with E-state index >= 15 is 0 Å². The van der Waals surface area contributed by atoms with E-state index in [9.17, 15) is 4.79 Å². The van der Waals surface area contributed by atoms with Gasteiger partial charge in [-0.3, -0.25) is 4.79 Å². The lowest BCUT2D eigenvalue weighted by atomic mass is 10.1. The van der Waals surface area contributed by atoms with Gasteiger partial charge in [0.05, 0.1) is 22.8 Å². The number of hydrogen-bond donors (Lipinski definition) is 2. The first-order chi connectivity index (χ1) is 8.59. The van der Waals surface area contributed by atoms with Gasteiger partial charge in [-0.05, 0) is 12.1 Å². The van der Waals surface area contributed by atoms with Gasteiger partial charge in [0.15, 0.2) is 0 Å². The van der Waals surface area contributed by atoms with Crippen molar-refractivity contribution in [1.29, 1.82) is 0 Å². The average molecular weight is 265 g/mol. The molecule has 0 fully saturated rings. The molecule has 0 saturated carbocycles. The second kappa shape index (κ2) is 5.10. The Kier molecular flexibility index (Phi) is 3.53. The monoisotopic (exact) mass is 264 g/mol. The number of nitrogens with one attached hydrogen (secondary N) is 1. The normalized spacial score (nSPS) is 10.3. The Morgan fingerprint density at radius 1 is 1.56 bits per heavy atom. The van der Waals surface area contributed by atoms with E-state index in [1.54, 1.807) is 37.6 Å². The first-order valence-corrected chi connectivity index (χ1v) is 5.75. The van der Waals surface area contributed by atoms with Crippen molar-refractivity contribution in [3.8, 4) is 0 Å². The summed E-state index contributed by atoms with van der Waals surface area (Å²) in [6, 6.07) is 5.01. The number of benzene rings is 1. The first kappa shape index (κ1) is 12.4. The minimum absolute atomic E-state index is 0.189. The molecule has 1 amide bonds. The van der Waals surface area contributed by atoms with Crippen LogP contribution in [-0.4, -0.2) is 27.8 Å². The fourth-order valence-electron chi connectivity index (χ4n) is 1.61. The maximum atomic E-state index is 12.2. The minimum atomic E-state index is -0.189. The van der Waals surface area contributed by atoms with E-state index < -0.39 is 0 Å². The Morgan fingerprint density at radius 2 is 2.33 bits per heavy atom. The van der Waals surface area contributed by atoms with E-state index in [1.165, 1.54) is 4.90 Å². The van der Waals surface area contributed by atoms with Gasteiger partial charge in [0.1, 0.15) is 5.82 Å². The van der Waals surface area contributed by atoms with Gasteiger partial charge in [-0.1, -0.05) is 17.7 Å². The number of aromatic nitrogens is 2. The van der Waals surface area contributed by atoms with Crippen LogP contribution in [-0.2, 0) is 6.54 Å². The van der Waals surface area contributed by atoms with Crippen molar-refractivity contribution < 1.29 is 4.79 Å². The molecule has 0 aliphatic heterocycles. The van der Waals surface area contributed by atoms with Gasteiger partial charge in [-0.15, -0.1) is 0 Å². The topological polar surface area (TPSA) is 75.0 Å². The molecule has 6 heteroatoms. The van der Waals surface area contributed by atoms with Gasteiger partial charge in [0.25, 0.3) is 5.91 Å². The second-order valence-electron chi connectivity index (χ2n) is 3.90. The number of nitrogen functional groups attached to an aromatic ring is 1. The van der Waals surface area contributed by atoms with E-state index in [1.807, 2.05) is 0 Å². The quantitative estimate of drug-likeness (QED) is 0.832. The van der Waals surface area contributed by atoms with Crippen molar-refractivity contribution in [3.63, 3.8) is 0 Å². The predicted molar refractivity (Wildman–Crippen MR) is 70.2 cm³/mol. The highest BCUT2D eigenvalue weighted by Gasteiger charge is 2.16. The number of amides is 1. The number of halogens is 1. The molecule has 1 heterocycles. The summed E-state index contributed by atoms with van der Waals surface area (Å²) < 4.78 is 0. The number of carbonyl (C=O) groups excluding carboxylic acids is 1. The van der Waals surface area contributed by atoms with Gasteiger partial charge in [0, 0.05) is 19.4 Å². The molecule has 0 aliphatic carbocycles. The van der Waals surface area contributed by atoms with Crippen molar-refractivity contribution >= 4 is 23.2 Å². The molecule has 1 aromatic carbocycles. The molecule has 2 aromatic rings. The van der Waals surface area contributed by atoms with Crippen LogP contribution in [0.5, 0.6) is 0 Å². The molecule has 5 nitrogen and oxygen atoms in total. The Balaban J connectivity index is 2.18. The lowest BCUT2D eigenvalue weighted by molar-refractivity contribution is 0.0783. The zero-order valence-corrected chi connectivity index (χ0v) is 10.6. The number of imidazole rings is 1. The van der Waals surface area contributed by atoms with Crippen LogP contribution in [0.15, 0.2) is 30.6 Å². The van der Waals surface area contributed by atoms with Crippen LogP contribution in [0.3, 0.4) is 0 Å². The smallest absolute Gasteiger partial charge is 0.256 e. The fraction of sp³-hybridized carbons (Fsp3) is 0.167. The molecule has 0 saturated heterocycles. The molecule has 0 spiro atoms. The lowest BCUT2D eigenvalue weighted by Gasteiger charge is -2.17. The first-order valence-electron chi connectivity index (χ1n) is 5.37.